The van der Waals surface area contributed by atoms with E-state index in [9.17, 15) is 13.2 Å². The van der Waals surface area contributed by atoms with Crippen LogP contribution in [0.2, 0.25) is 0 Å². The molecule has 0 atom stereocenters. The van der Waals surface area contributed by atoms with Gasteiger partial charge >= 0.3 is 39.7 Å². The summed E-state index contributed by atoms with van der Waals surface area (Å²) in [5.74, 6) is -4.21. The number of carboxylic acids is 3. The summed E-state index contributed by atoms with van der Waals surface area (Å²) in [5.41, 5.74) is 14.6. The number of aliphatic carboxylic acids is 3. The number of alkyl halides is 3. The Labute approximate surface area is 330 Å². The predicted molar refractivity (Wildman–Crippen MR) is 187 cm³/mol. The fourth-order valence-electron chi connectivity index (χ4n) is 4.11. The van der Waals surface area contributed by atoms with E-state index in [-0.39, 0.29) is 20.4 Å². The number of carbonyl (C=O) groups excluding carboxylic acids is 2. The minimum Gasteiger partial charge on any atom is -0.550 e. The molecule has 2 heterocycles. The van der Waals surface area contributed by atoms with E-state index in [1.165, 1.54) is 0 Å². The van der Waals surface area contributed by atoms with Crippen LogP contribution in [0.1, 0.15) is 41.5 Å². The van der Waals surface area contributed by atoms with Gasteiger partial charge in [0.2, 0.25) is 0 Å². The van der Waals surface area contributed by atoms with E-state index in [1.807, 2.05) is 64.1 Å². The molecule has 308 valence electrons. The Kier molecular flexibility index (Phi) is 22.8. The first kappa shape index (κ1) is 51.1. The number of halogens is 3. The van der Waals surface area contributed by atoms with Gasteiger partial charge in [0.05, 0.1) is 68.2 Å². The topological polar surface area (TPSA) is 251 Å². The standard InChI is InChI=1S/C28H39BN4O6.C2HF3O2.2C2H4O2.Pd/c1-27(2)28(3,4)39-29(38-27)21-6-8-26(37-16-15-36-14-13-35-12-11-34-10-9-30)23(18-21)20-5-7-22-24(31)19-32-33-25(22)17-20;3-2(4,5)1(6)7;2*1-2(3)4;/h5-8,17-19H,9-16,30H2,1-4H3,(H2,31,33);(H,6,7);2*1H3,(H,3,4);/q;;;;+2/p-2. The van der Waals surface area contributed by atoms with E-state index in [0.29, 0.717) is 69.7 Å². The molecule has 55 heavy (non-hydrogen) atoms. The molecule has 0 saturated carbocycles. The Morgan fingerprint density at radius 2 is 1.33 bits per heavy atom. The molecular weight excluding hydrogens is 831 g/mol. The molecule has 0 bridgehead atoms. The average molecular weight is 877 g/mol. The van der Waals surface area contributed by atoms with Crippen molar-refractivity contribution in [3.05, 3.63) is 42.6 Å². The molecule has 1 fully saturated rings. The molecule has 0 radical (unpaired) electrons. The molecule has 3 aromatic rings. The molecular formula is C34H46BF3N4O12Pd. The van der Waals surface area contributed by atoms with Crippen molar-refractivity contribution in [2.24, 2.45) is 5.73 Å². The van der Waals surface area contributed by atoms with Gasteiger partial charge in [0.25, 0.3) is 0 Å². The average Bonchev–Trinajstić information content (AvgIpc) is 3.29. The molecule has 1 saturated heterocycles. The van der Waals surface area contributed by atoms with Gasteiger partial charge in [-0.3, -0.25) is 0 Å². The summed E-state index contributed by atoms with van der Waals surface area (Å²) >= 11 is 0. The van der Waals surface area contributed by atoms with Gasteiger partial charge in [-0.05, 0) is 70.8 Å². The van der Waals surface area contributed by atoms with E-state index in [0.717, 1.165) is 35.8 Å². The van der Waals surface area contributed by atoms with Crippen molar-refractivity contribution in [3.63, 3.8) is 0 Å². The number of hydrogen-bond donors (Lipinski definition) is 3. The number of ether oxygens (including phenoxy) is 4. The smallest absolute Gasteiger partial charge is 0.550 e. The second kappa shape index (κ2) is 24.6. The zero-order valence-corrected chi connectivity index (χ0v) is 32.8. The van der Waals surface area contributed by atoms with Crippen LogP contribution < -0.4 is 31.9 Å². The van der Waals surface area contributed by atoms with Crippen LogP contribution in [-0.4, -0.2) is 111 Å². The van der Waals surface area contributed by atoms with Gasteiger partial charge in [0.15, 0.2) is 0 Å². The molecule has 0 spiro atoms. The number of anilines is 1. The molecule has 2 aromatic carbocycles. The number of benzene rings is 2. The summed E-state index contributed by atoms with van der Waals surface area (Å²) in [4.78, 5) is 26.7. The summed E-state index contributed by atoms with van der Waals surface area (Å²) in [5, 5.41) is 34.0. The minimum atomic E-state index is -5.08. The van der Waals surface area contributed by atoms with E-state index in [1.54, 1.807) is 6.20 Å². The zero-order valence-electron chi connectivity index (χ0n) is 31.2. The molecule has 5 N–H and O–H groups in total. The first-order valence-electron chi connectivity index (χ1n) is 16.3. The molecule has 1 aliphatic rings. The third-order valence-electron chi connectivity index (χ3n) is 7.25. The first-order chi connectivity index (χ1) is 25.1. The Balaban J connectivity index is 0.00000155. The maximum absolute atomic E-state index is 10.6. The van der Waals surface area contributed by atoms with Crippen LogP contribution in [0, 0.1) is 0 Å². The van der Waals surface area contributed by atoms with Crippen molar-refractivity contribution in [2.45, 2.75) is 58.9 Å². The largest absolute Gasteiger partial charge is 2.00 e. The van der Waals surface area contributed by atoms with Crippen molar-refractivity contribution in [1.29, 1.82) is 0 Å². The summed E-state index contributed by atoms with van der Waals surface area (Å²) < 4.78 is 66.9. The van der Waals surface area contributed by atoms with Crippen LogP contribution in [0.15, 0.2) is 42.6 Å². The summed E-state index contributed by atoms with van der Waals surface area (Å²) in [6.45, 7) is 14.0. The Morgan fingerprint density at radius 1 is 0.855 bits per heavy atom. The summed E-state index contributed by atoms with van der Waals surface area (Å²) in [7, 11) is -0.497. The quantitative estimate of drug-likeness (QED) is 0.149. The maximum atomic E-state index is 10.6. The van der Waals surface area contributed by atoms with Gasteiger partial charge in [-0.15, -0.1) is 0 Å². The SMILES string of the molecule is CC(=O)[O-].CC(=O)[O-].CC1(C)OB(c2ccc(OCCOCCOCCOCCN)c(-c3ccc4c(N)cnnc4c3)c2)OC1(C)C.O=C(O)C(F)(F)F.[Pd+2]. The second-order valence-electron chi connectivity index (χ2n) is 12.1. The van der Waals surface area contributed by atoms with Crippen LogP contribution >= 0.6 is 0 Å². The second-order valence-corrected chi connectivity index (χ2v) is 12.1. The number of rotatable bonds is 14. The van der Waals surface area contributed by atoms with Crippen molar-refractivity contribution >= 4 is 47.1 Å². The van der Waals surface area contributed by atoms with Gasteiger partial charge in [-0.1, -0.05) is 18.2 Å². The molecule has 1 aliphatic heterocycles. The van der Waals surface area contributed by atoms with E-state index >= 15 is 0 Å². The fourth-order valence-corrected chi connectivity index (χ4v) is 4.11. The van der Waals surface area contributed by atoms with Crippen LogP contribution in [-0.2, 0) is 58.3 Å². The number of carboxylic acid groups (broad SMARTS) is 3. The third-order valence-corrected chi connectivity index (χ3v) is 7.25. The molecule has 16 nitrogen and oxygen atoms in total. The normalized spacial score (nSPS) is 13.8. The van der Waals surface area contributed by atoms with E-state index in [2.05, 4.69) is 10.2 Å². The van der Waals surface area contributed by atoms with Crippen molar-refractivity contribution < 1.29 is 91.6 Å². The van der Waals surface area contributed by atoms with E-state index in [4.69, 9.17) is 69.4 Å². The number of nitrogens with two attached hydrogens (primary N) is 2. The van der Waals surface area contributed by atoms with Crippen LogP contribution in [0.3, 0.4) is 0 Å². The molecule has 1 aromatic heterocycles. The fraction of sp³-hybridized carbons (Fsp3) is 0.500. The maximum Gasteiger partial charge on any atom is 2.00 e. The van der Waals surface area contributed by atoms with Gasteiger partial charge in [0, 0.05) is 29.4 Å². The predicted octanol–water partition coefficient (Wildman–Crippen LogP) is 0.709. The molecule has 0 unspecified atom stereocenters. The Bertz CT molecular complexity index is 1620. The molecule has 21 heteroatoms. The van der Waals surface area contributed by atoms with Crippen molar-refractivity contribution in [2.75, 3.05) is 58.5 Å². The van der Waals surface area contributed by atoms with Gasteiger partial charge in [0.1, 0.15) is 12.4 Å². The summed E-state index contributed by atoms with van der Waals surface area (Å²) in [6, 6.07) is 11.9. The Hall–Kier alpha value is -3.93. The van der Waals surface area contributed by atoms with Crippen LogP contribution in [0.25, 0.3) is 22.0 Å². The van der Waals surface area contributed by atoms with Crippen molar-refractivity contribution in [1.82, 2.24) is 10.2 Å². The van der Waals surface area contributed by atoms with Gasteiger partial charge in [-0.25, -0.2) is 4.79 Å². The van der Waals surface area contributed by atoms with Crippen LogP contribution in [0.5, 0.6) is 5.75 Å². The summed E-state index contributed by atoms with van der Waals surface area (Å²) in [6.07, 6.45) is -3.53. The number of nitrogens with zero attached hydrogens (tertiary/aromatic N) is 2. The number of carbonyl (C=O) groups is 3. The molecule has 4 rings (SSSR count). The number of nitrogen functional groups attached to an aromatic ring is 1. The van der Waals surface area contributed by atoms with Crippen molar-refractivity contribution in [3.8, 4) is 16.9 Å². The van der Waals surface area contributed by atoms with Crippen LogP contribution in [0.4, 0.5) is 18.9 Å². The molecule has 0 aliphatic carbocycles. The third kappa shape index (κ3) is 19.0. The number of aromatic nitrogens is 2. The minimum absolute atomic E-state index is 0. The number of fused-ring (bicyclic) bond motifs is 1. The zero-order chi connectivity index (χ0) is 41.1. The Morgan fingerprint density at radius 3 is 1.80 bits per heavy atom. The van der Waals surface area contributed by atoms with Gasteiger partial charge < -0.3 is 64.6 Å². The molecule has 0 amide bonds. The van der Waals surface area contributed by atoms with E-state index < -0.39 is 42.4 Å². The monoisotopic (exact) mass is 876 g/mol. The number of hydrogen-bond acceptors (Lipinski definition) is 15. The van der Waals surface area contributed by atoms with Gasteiger partial charge in [-0.2, -0.15) is 23.4 Å². The first-order valence-corrected chi connectivity index (χ1v) is 16.3.